The smallest absolute Gasteiger partial charge is 0.244 e. The predicted molar refractivity (Wildman–Crippen MR) is 95.7 cm³/mol. The van der Waals surface area contributed by atoms with Crippen molar-refractivity contribution in [1.82, 2.24) is 15.1 Å². The molecule has 2 amide bonds. The lowest BCUT2D eigenvalue weighted by molar-refractivity contribution is -0.149. The van der Waals surface area contributed by atoms with Crippen LogP contribution in [-0.4, -0.2) is 53.8 Å². The molecule has 2 saturated heterocycles. The lowest BCUT2D eigenvalue weighted by Crippen LogP contribution is -2.65. The standard InChI is InChI=1S/C20H21N3O2/c24-19-12-21-20(25)18-14-22(10-11-23(18)19)13-16-8-4-5-9-17(16)15-6-2-1-3-7-15/h1-9,18H,10-14H2,(H,21,25)/t18-/m0/s1. The van der Waals surface area contributed by atoms with E-state index in [1.165, 1.54) is 16.7 Å². The average Bonchev–Trinajstić information content (AvgIpc) is 2.66. The molecule has 2 aromatic carbocycles. The number of hydrogen-bond acceptors (Lipinski definition) is 3. The Kier molecular flexibility index (Phi) is 4.24. The lowest BCUT2D eigenvalue weighted by atomic mass is 9.98. The third kappa shape index (κ3) is 3.15. The molecule has 0 aromatic heterocycles. The molecular weight excluding hydrogens is 314 g/mol. The van der Waals surface area contributed by atoms with E-state index >= 15 is 0 Å². The zero-order valence-electron chi connectivity index (χ0n) is 14.0. The van der Waals surface area contributed by atoms with E-state index in [9.17, 15) is 9.59 Å². The molecule has 2 aliphatic heterocycles. The summed E-state index contributed by atoms with van der Waals surface area (Å²) >= 11 is 0. The fourth-order valence-electron chi connectivity index (χ4n) is 3.69. The Labute approximate surface area is 147 Å². The summed E-state index contributed by atoms with van der Waals surface area (Å²) in [6.07, 6.45) is 0. The maximum Gasteiger partial charge on any atom is 0.244 e. The molecule has 5 nitrogen and oxygen atoms in total. The molecule has 1 N–H and O–H groups in total. The number of piperazine rings is 2. The summed E-state index contributed by atoms with van der Waals surface area (Å²) in [5.41, 5.74) is 3.65. The minimum absolute atomic E-state index is 0.0222. The highest BCUT2D eigenvalue weighted by Gasteiger charge is 2.38. The van der Waals surface area contributed by atoms with E-state index in [-0.39, 0.29) is 24.4 Å². The van der Waals surface area contributed by atoms with Gasteiger partial charge < -0.3 is 10.2 Å². The molecule has 0 bridgehead atoms. The molecule has 1 atom stereocenters. The normalized spacial score (nSPS) is 21.0. The Bertz CT molecular complexity index is 791. The highest BCUT2D eigenvalue weighted by Crippen LogP contribution is 2.25. The number of fused-ring (bicyclic) bond motifs is 1. The number of benzene rings is 2. The van der Waals surface area contributed by atoms with E-state index in [1.54, 1.807) is 4.90 Å². The maximum atomic E-state index is 12.1. The van der Waals surface area contributed by atoms with Gasteiger partial charge >= 0.3 is 0 Å². The Morgan fingerprint density at radius 2 is 1.72 bits per heavy atom. The summed E-state index contributed by atoms with van der Waals surface area (Å²) in [4.78, 5) is 28.1. The van der Waals surface area contributed by atoms with Crippen molar-refractivity contribution in [1.29, 1.82) is 0 Å². The summed E-state index contributed by atoms with van der Waals surface area (Å²) in [6.45, 7) is 2.90. The molecule has 0 unspecified atom stereocenters. The Morgan fingerprint density at radius 3 is 2.56 bits per heavy atom. The zero-order chi connectivity index (χ0) is 17.2. The molecule has 4 rings (SSSR count). The number of nitrogens with zero attached hydrogens (tertiary/aromatic N) is 2. The van der Waals surface area contributed by atoms with Crippen LogP contribution in [-0.2, 0) is 16.1 Å². The van der Waals surface area contributed by atoms with Gasteiger partial charge in [-0.05, 0) is 16.7 Å². The number of carbonyl (C=O) groups excluding carboxylic acids is 2. The summed E-state index contributed by atoms with van der Waals surface area (Å²) < 4.78 is 0. The highest BCUT2D eigenvalue weighted by atomic mass is 16.2. The van der Waals surface area contributed by atoms with E-state index in [2.05, 4.69) is 46.6 Å². The van der Waals surface area contributed by atoms with Crippen molar-refractivity contribution in [3.8, 4) is 11.1 Å². The van der Waals surface area contributed by atoms with Gasteiger partial charge in [0.05, 0.1) is 6.54 Å². The van der Waals surface area contributed by atoms with Gasteiger partial charge in [-0.1, -0.05) is 54.6 Å². The van der Waals surface area contributed by atoms with Gasteiger partial charge in [-0.15, -0.1) is 0 Å². The Hall–Kier alpha value is -2.66. The zero-order valence-corrected chi connectivity index (χ0v) is 14.0. The quantitative estimate of drug-likeness (QED) is 0.925. The van der Waals surface area contributed by atoms with Gasteiger partial charge in [-0.3, -0.25) is 14.5 Å². The second kappa shape index (κ2) is 6.69. The Balaban J connectivity index is 1.54. The molecule has 2 aliphatic rings. The average molecular weight is 335 g/mol. The van der Waals surface area contributed by atoms with Gasteiger partial charge in [0.25, 0.3) is 0 Å². The largest absolute Gasteiger partial charge is 0.345 e. The third-order valence-corrected chi connectivity index (χ3v) is 5.00. The molecule has 0 spiro atoms. The van der Waals surface area contributed by atoms with Crippen molar-refractivity contribution < 1.29 is 9.59 Å². The molecule has 2 fully saturated rings. The van der Waals surface area contributed by atoms with Crippen molar-refractivity contribution in [2.24, 2.45) is 0 Å². The molecule has 0 radical (unpaired) electrons. The van der Waals surface area contributed by atoms with Crippen LogP contribution in [0, 0.1) is 0 Å². The SMILES string of the molecule is O=C1NCC(=O)N2CCN(Cc3ccccc3-c3ccccc3)C[C@@H]12. The lowest BCUT2D eigenvalue weighted by Gasteiger charge is -2.43. The number of nitrogens with one attached hydrogen (secondary N) is 1. The predicted octanol–water partition coefficient (Wildman–Crippen LogP) is 1.50. The van der Waals surface area contributed by atoms with E-state index < -0.39 is 0 Å². The van der Waals surface area contributed by atoms with E-state index in [0.717, 1.165) is 13.1 Å². The molecular formula is C20H21N3O2. The minimum Gasteiger partial charge on any atom is -0.345 e. The molecule has 0 saturated carbocycles. The maximum absolute atomic E-state index is 12.1. The first-order valence-electron chi connectivity index (χ1n) is 8.65. The molecule has 2 heterocycles. The van der Waals surface area contributed by atoms with Crippen LogP contribution in [0.1, 0.15) is 5.56 Å². The van der Waals surface area contributed by atoms with E-state index in [4.69, 9.17) is 0 Å². The van der Waals surface area contributed by atoms with Crippen molar-refractivity contribution in [3.63, 3.8) is 0 Å². The van der Waals surface area contributed by atoms with Crippen molar-refractivity contribution >= 4 is 11.8 Å². The first-order chi connectivity index (χ1) is 12.2. The monoisotopic (exact) mass is 335 g/mol. The highest BCUT2D eigenvalue weighted by molar-refractivity contribution is 5.95. The van der Waals surface area contributed by atoms with Crippen LogP contribution in [0.25, 0.3) is 11.1 Å². The van der Waals surface area contributed by atoms with Gasteiger partial charge in [0.1, 0.15) is 6.04 Å². The van der Waals surface area contributed by atoms with Gasteiger partial charge in [-0.25, -0.2) is 0 Å². The van der Waals surface area contributed by atoms with Crippen LogP contribution in [0.2, 0.25) is 0 Å². The first kappa shape index (κ1) is 15.8. The van der Waals surface area contributed by atoms with Crippen LogP contribution >= 0.6 is 0 Å². The molecule has 128 valence electrons. The number of hydrogen-bond donors (Lipinski definition) is 1. The summed E-state index contributed by atoms with van der Waals surface area (Å²) in [6, 6.07) is 18.4. The van der Waals surface area contributed by atoms with Crippen molar-refractivity contribution in [3.05, 3.63) is 60.2 Å². The molecule has 25 heavy (non-hydrogen) atoms. The van der Waals surface area contributed by atoms with Gasteiger partial charge in [0.15, 0.2) is 0 Å². The van der Waals surface area contributed by atoms with E-state index in [1.807, 2.05) is 18.2 Å². The second-order valence-electron chi connectivity index (χ2n) is 6.58. The van der Waals surface area contributed by atoms with Crippen LogP contribution in [0.15, 0.2) is 54.6 Å². The third-order valence-electron chi connectivity index (χ3n) is 5.00. The van der Waals surface area contributed by atoms with Crippen LogP contribution in [0.3, 0.4) is 0 Å². The van der Waals surface area contributed by atoms with Crippen LogP contribution < -0.4 is 5.32 Å². The number of rotatable bonds is 3. The van der Waals surface area contributed by atoms with Gasteiger partial charge in [-0.2, -0.15) is 0 Å². The molecule has 2 aromatic rings. The molecule has 0 aliphatic carbocycles. The summed E-state index contributed by atoms with van der Waals surface area (Å²) in [7, 11) is 0. The van der Waals surface area contributed by atoms with Gasteiger partial charge in [0.2, 0.25) is 11.8 Å². The van der Waals surface area contributed by atoms with Crippen LogP contribution in [0.5, 0.6) is 0 Å². The van der Waals surface area contributed by atoms with Crippen molar-refractivity contribution in [2.75, 3.05) is 26.2 Å². The van der Waals surface area contributed by atoms with Crippen molar-refractivity contribution in [2.45, 2.75) is 12.6 Å². The second-order valence-corrected chi connectivity index (χ2v) is 6.58. The van der Waals surface area contributed by atoms with Gasteiger partial charge in [0, 0.05) is 26.2 Å². The number of carbonyl (C=O) groups is 2. The fourth-order valence-corrected chi connectivity index (χ4v) is 3.69. The fraction of sp³-hybridized carbons (Fsp3) is 0.300. The molecule has 5 heteroatoms. The van der Waals surface area contributed by atoms with Crippen LogP contribution in [0.4, 0.5) is 0 Å². The number of amides is 2. The first-order valence-corrected chi connectivity index (χ1v) is 8.65. The summed E-state index contributed by atoms with van der Waals surface area (Å²) in [5.74, 6) is -0.0189. The topological polar surface area (TPSA) is 52.7 Å². The summed E-state index contributed by atoms with van der Waals surface area (Å²) in [5, 5.41) is 2.70. The Morgan fingerprint density at radius 1 is 0.960 bits per heavy atom. The van der Waals surface area contributed by atoms with E-state index in [0.29, 0.717) is 13.1 Å². The minimum atomic E-state index is -0.362.